The molecule has 1 saturated carbocycles. The molecular formula is C12H20N2. The van der Waals surface area contributed by atoms with Crippen molar-refractivity contribution in [3.05, 3.63) is 0 Å². The van der Waals surface area contributed by atoms with Crippen molar-refractivity contribution in [3.8, 4) is 6.07 Å². The van der Waals surface area contributed by atoms with Crippen molar-refractivity contribution in [2.75, 3.05) is 13.1 Å². The highest BCUT2D eigenvalue weighted by Gasteiger charge is 2.44. The van der Waals surface area contributed by atoms with Gasteiger partial charge in [0.1, 0.15) is 0 Å². The molecule has 1 spiro atoms. The third kappa shape index (κ3) is 1.79. The molecule has 14 heavy (non-hydrogen) atoms. The Morgan fingerprint density at radius 3 is 2.50 bits per heavy atom. The predicted octanol–water partition coefficient (Wildman–Crippen LogP) is 2.55. The molecule has 1 saturated heterocycles. The number of rotatable bonds is 2. The van der Waals surface area contributed by atoms with Gasteiger partial charge < -0.3 is 0 Å². The van der Waals surface area contributed by atoms with Gasteiger partial charge in [-0.15, -0.1) is 0 Å². The van der Waals surface area contributed by atoms with Crippen LogP contribution in [0.5, 0.6) is 0 Å². The Bertz CT molecular complexity index is 227. The van der Waals surface area contributed by atoms with Gasteiger partial charge in [0.25, 0.3) is 0 Å². The Morgan fingerprint density at radius 2 is 1.93 bits per heavy atom. The lowest BCUT2D eigenvalue weighted by atomic mass is 9.68. The van der Waals surface area contributed by atoms with Crippen LogP contribution in [0.2, 0.25) is 0 Å². The quantitative estimate of drug-likeness (QED) is 0.672. The van der Waals surface area contributed by atoms with Gasteiger partial charge in [0.05, 0.1) is 12.5 Å². The summed E-state index contributed by atoms with van der Waals surface area (Å²) < 4.78 is 0. The second kappa shape index (κ2) is 3.90. The van der Waals surface area contributed by atoms with E-state index in [0.29, 0.717) is 17.9 Å². The summed E-state index contributed by atoms with van der Waals surface area (Å²) >= 11 is 0. The number of likely N-dealkylation sites (tertiary alicyclic amines) is 1. The number of nitriles is 1. The van der Waals surface area contributed by atoms with E-state index in [0.717, 1.165) is 0 Å². The van der Waals surface area contributed by atoms with E-state index in [1.54, 1.807) is 0 Å². The number of hydrogen-bond donors (Lipinski definition) is 0. The van der Waals surface area contributed by atoms with Crippen LogP contribution >= 0.6 is 0 Å². The molecule has 1 aliphatic heterocycles. The highest BCUT2D eigenvalue weighted by Crippen LogP contribution is 2.44. The van der Waals surface area contributed by atoms with Gasteiger partial charge in [-0.1, -0.05) is 19.3 Å². The van der Waals surface area contributed by atoms with E-state index in [9.17, 15) is 0 Å². The standard InChI is InChI=1S/C12H20N2/c1-11(5-8-13)14-9-12(10-14)6-3-2-4-7-12/h11H,2-7,9-10H2,1H3. The van der Waals surface area contributed by atoms with Gasteiger partial charge in [-0.2, -0.15) is 5.26 Å². The van der Waals surface area contributed by atoms with Crippen molar-refractivity contribution in [2.24, 2.45) is 5.41 Å². The molecule has 2 nitrogen and oxygen atoms in total. The minimum Gasteiger partial charge on any atom is -0.298 e. The molecule has 0 aromatic carbocycles. The summed E-state index contributed by atoms with van der Waals surface area (Å²) in [7, 11) is 0. The molecule has 0 aromatic rings. The molecule has 2 fully saturated rings. The van der Waals surface area contributed by atoms with E-state index in [1.165, 1.54) is 45.2 Å². The molecule has 1 aliphatic carbocycles. The molecule has 1 unspecified atom stereocenters. The maximum Gasteiger partial charge on any atom is 0.0638 e. The van der Waals surface area contributed by atoms with E-state index >= 15 is 0 Å². The van der Waals surface area contributed by atoms with Crippen molar-refractivity contribution in [2.45, 2.75) is 51.5 Å². The molecule has 0 radical (unpaired) electrons. The predicted molar refractivity (Wildman–Crippen MR) is 56.8 cm³/mol. The van der Waals surface area contributed by atoms with E-state index in [-0.39, 0.29) is 0 Å². The molecular weight excluding hydrogens is 172 g/mol. The average Bonchev–Trinajstić information content (AvgIpc) is 2.16. The third-order valence-corrected chi connectivity index (χ3v) is 4.00. The van der Waals surface area contributed by atoms with Crippen molar-refractivity contribution in [1.29, 1.82) is 5.26 Å². The fourth-order valence-electron chi connectivity index (χ4n) is 3.01. The molecule has 0 N–H and O–H groups in total. The Balaban J connectivity index is 1.80. The van der Waals surface area contributed by atoms with Gasteiger partial charge in [-0.25, -0.2) is 0 Å². The molecule has 1 atom stereocenters. The van der Waals surface area contributed by atoms with E-state index in [4.69, 9.17) is 5.26 Å². The summed E-state index contributed by atoms with van der Waals surface area (Å²) in [6, 6.07) is 2.75. The van der Waals surface area contributed by atoms with Crippen LogP contribution < -0.4 is 0 Å². The lowest BCUT2D eigenvalue weighted by Crippen LogP contribution is -2.59. The zero-order valence-corrected chi connectivity index (χ0v) is 9.13. The molecule has 78 valence electrons. The van der Waals surface area contributed by atoms with Gasteiger partial charge in [0.15, 0.2) is 0 Å². The van der Waals surface area contributed by atoms with Gasteiger partial charge in [-0.05, 0) is 25.2 Å². The van der Waals surface area contributed by atoms with Crippen molar-refractivity contribution in [3.63, 3.8) is 0 Å². The Labute approximate surface area is 86.9 Å². The normalized spacial score (nSPS) is 28.0. The second-order valence-electron chi connectivity index (χ2n) is 5.18. The topological polar surface area (TPSA) is 27.0 Å². The summed E-state index contributed by atoms with van der Waals surface area (Å²) in [6.07, 6.45) is 7.86. The number of nitrogens with zero attached hydrogens (tertiary/aromatic N) is 2. The fourth-order valence-corrected chi connectivity index (χ4v) is 3.01. The zero-order chi connectivity index (χ0) is 10.0. The van der Waals surface area contributed by atoms with Crippen molar-refractivity contribution in [1.82, 2.24) is 4.90 Å². The van der Waals surface area contributed by atoms with Gasteiger partial charge in [0, 0.05) is 19.1 Å². The summed E-state index contributed by atoms with van der Waals surface area (Å²) in [5, 5.41) is 8.63. The van der Waals surface area contributed by atoms with Crippen molar-refractivity contribution < 1.29 is 0 Å². The van der Waals surface area contributed by atoms with Crippen LogP contribution in [0, 0.1) is 16.7 Å². The molecule has 1 heterocycles. The SMILES string of the molecule is CC(CC#N)N1CC2(CCCCC2)C1. The first-order chi connectivity index (χ1) is 6.76. The van der Waals surface area contributed by atoms with Crippen LogP contribution in [-0.4, -0.2) is 24.0 Å². The Kier molecular flexibility index (Phi) is 2.78. The number of hydrogen-bond acceptors (Lipinski definition) is 2. The lowest BCUT2D eigenvalue weighted by Gasteiger charge is -2.54. The second-order valence-corrected chi connectivity index (χ2v) is 5.18. The Hall–Kier alpha value is -0.550. The minimum absolute atomic E-state index is 0.479. The first-order valence-corrected chi connectivity index (χ1v) is 5.87. The zero-order valence-electron chi connectivity index (χ0n) is 9.13. The summed E-state index contributed by atoms with van der Waals surface area (Å²) in [5.74, 6) is 0. The molecule has 2 aliphatic rings. The highest BCUT2D eigenvalue weighted by molar-refractivity contribution is 4.99. The third-order valence-electron chi connectivity index (χ3n) is 4.00. The first-order valence-electron chi connectivity index (χ1n) is 5.87. The average molecular weight is 192 g/mol. The molecule has 0 amide bonds. The summed E-state index contributed by atoms with van der Waals surface area (Å²) in [5.41, 5.74) is 0.669. The molecule has 2 heteroatoms. The van der Waals surface area contributed by atoms with Crippen LogP contribution in [0.3, 0.4) is 0 Å². The van der Waals surface area contributed by atoms with Crippen LogP contribution in [0.1, 0.15) is 45.4 Å². The summed E-state index contributed by atoms with van der Waals surface area (Å²) in [6.45, 7) is 4.70. The van der Waals surface area contributed by atoms with E-state index in [2.05, 4.69) is 17.9 Å². The fraction of sp³-hybridized carbons (Fsp3) is 0.917. The van der Waals surface area contributed by atoms with Gasteiger partial charge in [0.2, 0.25) is 0 Å². The van der Waals surface area contributed by atoms with Crippen LogP contribution in [0.4, 0.5) is 0 Å². The van der Waals surface area contributed by atoms with Crippen molar-refractivity contribution >= 4 is 0 Å². The highest BCUT2D eigenvalue weighted by atomic mass is 15.2. The lowest BCUT2D eigenvalue weighted by molar-refractivity contribution is -0.0495. The monoisotopic (exact) mass is 192 g/mol. The first kappa shape index (κ1) is 9.98. The molecule has 2 rings (SSSR count). The Morgan fingerprint density at radius 1 is 1.29 bits per heavy atom. The van der Waals surface area contributed by atoms with Crippen LogP contribution in [0.25, 0.3) is 0 Å². The minimum atomic E-state index is 0.479. The summed E-state index contributed by atoms with van der Waals surface area (Å²) in [4.78, 5) is 2.48. The molecule has 0 aromatic heterocycles. The van der Waals surface area contributed by atoms with Crippen LogP contribution in [0.15, 0.2) is 0 Å². The van der Waals surface area contributed by atoms with Crippen LogP contribution in [-0.2, 0) is 0 Å². The largest absolute Gasteiger partial charge is 0.298 e. The van der Waals surface area contributed by atoms with E-state index < -0.39 is 0 Å². The molecule has 0 bridgehead atoms. The van der Waals surface area contributed by atoms with E-state index in [1.807, 2.05) is 0 Å². The maximum atomic E-state index is 8.63. The maximum absolute atomic E-state index is 8.63. The van der Waals surface area contributed by atoms with Gasteiger partial charge >= 0.3 is 0 Å². The van der Waals surface area contributed by atoms with Gasteiger partial charge in [-0.3, -0.25) is 4.90 Å². The smallest absolute Gasteiger partial charge is 0.0638 e.